The van der Waals surface area contributed by atoms with Crippen LogP contribution in [0, 0.1) is 12.7 Å². The molecule has 2 aromatic rings. The lowest BCUT2D eigenvalue weighted by molar-refractivity contribution is -0.122. The summed E-state index contributed by atoms with van der Waals surface area (Å²) in [6.45, 7) is 7.32. The van der Waals surface area contributed by atoms with E-state index in [2.05, 4.69) is 41.1 Å². The summed E-state index contributed by atoms with van der Waals surface area (Å²) in [6.07, 6.45) is 1.33. The van der Waals surface area contributed by atoms with Gasteiger partial charge in [-0.15, -0.1) is 0 Å². The van der Waals surface area contributed by atoms with Crippen LogP contribution in [0.5, 0.6) is 0 Å². The molecule has 0 radical (unpaired) electrons. The number of benzene rings is 1. The molecule has 0 unspecified atom stereocenters. The summed E-state index contributed by atoms with van der Waals surface area (Å²) in [4.78, 5) is 20.3. The molecular weight excluding hydrogens is 331 g/mol. The number of amides is 1. The van der Waals surface area contributed by atoms with Crippen LogP contribution in [-0.2, 0) is 17.8 Å². The highest BCUT2D eigenvalue weighted by Crippen LogP contribution is 2.26. The molecule has 0 saturated carbocycles. The minimum atomic E-state index is -0.264. The van der Waals surface area contributed by atoms with E-state index in [4.69, 9.17) is 0 Å². The van der Waals surface area contributed by atoms with Crippen molar-refractivity contribution >= 4 is 16.8 Å². The first-order valence-electron chi connectivity index (χ1n) is 9.34. The molecule has 1 amide bonds. The summed E-state index contributed by atoms with van der Waals surface area (Å²) in [5.74, 6) is -0.256. The number of carbonyl (C=O) groups is 1. The Morgan fingerprint density at radius 1 is 1.35 bits per heavy atom. The fraction of sp³-hybridized carbons (Fsp3) is 0.550. The van der Waals surface area contributed by atoms with Gasteiger partial charge in [-0.1, -0.05) is 6.92 Å². The Balaban J connectivity index is 1.70. The number of aromatic nitrogens is 1. The maximum atomic E-state index is 14.0. The Morgan fingerprint density at radius 2 is 2.12 bits per heavy atom. The highest BCUT2D eigenvalue weighted by molar-refractivity contribution is 5.87. The van der Waals surface area contributed by atoms with Crippen LogP contribution < -0.4 is 5.32 Å². The first-order valence-corrected chi connectivity index (χ1v) is 9.34. The maximum Gasteiger partial charge on any atom is 0.221 e. The Morgan fingerprint density at radius 3 is 2.85 bits per heavy atom. The second-order valence-corrected chi connectivity index (χ2v) is 7.45. The molecule has 1 aliphatic rings. The molecule has 2 heterocycles. The van der Waals surface area contributed by atoms with Gasteiger partial charge in [0.15, 0.2) is 0 Å². The van der Waals surface area contributed by atoms with E-state index in [1.54, 1.807) is 6.07 Å². The van der Waals surface area contributed by atoms with Crippen LogP contribution in [0.15, 0.2) is 12.1 Å². The van der Waals surface area contributed by atoms with Crippen LogP contribution in [-0.4, -0.2) is 60.5 Å². The largest absolute Gasteiger partial charge is 0.358 e. The Kier molecular flexibility index (Phi) is 5.63. The smallest absolute Gasteiger partial charge is 0.221 e. The lowest BCUT2D eigenvalue weighted by atomic mass is 10.1. The minimum Gasteiger partial charge on any atom is -0.358 e. The van der Waals surface area contributed by atoms with Crippen LogP contribution in [0.25, 0.3) is 10.9 Å². The molecule has 6 heteroatoms. The summed E-state index contributed by atoms with van der Waals surface area (Å²) in [6, 6.07) is 3.30. The predicted octanol–water partition coefficient (Wildman–Crippen LogP) is 2.43. The molecule has 1 aromatic carbocycles. The van der Waals surface area contributed by atoms with Gasteiger partial charge in [-0.25, -0.2) is 4.39 Å². The van der Waals surface area contributed by atoms with E-state index in [9.17, 15) is 9.18 Å². The summed E-state index contributed by atoms with van der Waals surface area (Å²) in [7, 11) is 4.15. The van der Waals surface area contributed by atoms with Gasteiger partial charge in [0, 0.05) is 49.7 Å². The van der Waals surface area contributed by atoms with E-state index in [1.165, 1.54) is 6.07 Å². The molecule has 3 rings (SSSR count). The first-order chi connectivity index (χ1) is 12.4. The quantitative estimate of drug-likeness (QED) is 0.861. The van der Waals surface area contributed by atoms with E-state index in [-0.39, 0.29) is 17.8 Å². The highest BCUT2D eigenvalue weighted by Gasteiger charge is 2.24. The third kappa shape index (κ3) is 3.91. The van der Waals surface area contributed by atoms with E-state index in [1.807, 2.05) is 6.92 Å². The van der Waals surface area contributed by atoms with Crippen molar-refractivity contribution in [2.45, 2.75) is 39.3 Å². The van der Waals surface area contributed by atoms with Gasteiger partial charge in [0.1, 0.15) is 5.82 Å². The molecule has 142 valence electrons. The summed E-state index contributed by atoms with van der Waals surface area (Å²) >= 11 is 0. The number of rotatable bonds is 5. The molecule has 0 aliphatic carbocycles. The number of likely N-dealkylation sites (N-methyl/N-ethyl adjacent to an activating group) is 2. The monoisotopic (exact) mass is 360 g/mol. The number of piperazine rings is 1. The number of carbonyl (C=O) groups excluding carboxylic acids is 1. The molecule has 1 aromatic heterocycles. The topological polar surface area (TPSA) is 51.4 Å². The van der Waals surface area contributed by atoms with Gasteiger partial charge in [0.05, 0.1) is 5.52 Å². The maximum absolute atomic E-state index is 14.0. The number of fused-ring (bicyclic) bond motifs is 1. The molecule has 1 fully saturated rings. The number of nitrogens with one attached hydrogen (secondary N) is 2. The predicted molar refractivity (Wildman–Crippen MR) is 103 cm³/mol. The Hall–Kier alpha value is -1.92. The van der Waals surface area contributed by atoms with Gasteiger partial charge in [-0.2, -0.15) is 0 Å². The van der Waals surface area contributed by atoms with Gasteiger partial charge >= 0.3 is 0 Å². The summed E-state index contributed by atoms with van der Waals surface area (Å²) < 4.78 is 14.0. The third-order valence-corrected chi connectivity index (χ3v) is 5.55. The van der Waals surface area contributed by atoms with Crippen molar-refractivity contribution in [1.29, 1.82) is 0 Å². The number of aryl methyl sites for hydroxylation is 2. The van der Waals surface area contributed by atoms with Crippen molar-refractivity contribution in [2.24, 2.45) is 0 Å². The number of nitrogens with zero attached hydrogens (tertiary/aromatic N) is 2. The standard InChI is InChI=1S/C20H29FN4O/c1-5-18-13(2)17-9-15(21)8-14(20(17)23-18)11-22-19(26)10-16-12-24(3)6-7-25(16)4/h8-9,16,23H,5-7,10-12H2,1-4H3,(H,22,26)/t16-/m1/s1. The molecule has 5 nitrogen and oxygen atoms in total. The molecule has 0 spiro atoms. The summed E-state index contributed by atoms with van der Waals surface area (Å²) in [5, 5.41) is 3.88. The number of hydrogen-bond acceptors (Lipinski definition) is 3. The van der Waals surface area contributed by atoms with Crippen LogP contribution in [0.4, 0.5) is 4.39 Å². The van der Waals surface area contributed by atoms with E-state index in [0.717, 1.165) is 53.8 Å². The average molecular weight is 360 g/mol. The molecule has 0 bridgehead atoms. The number of halogens is 1. The zero-order chi connectivity index (χ0) is 18.8. The molecule has 1 saturated heterocycles. The zero-order valence-corrected chi connectivity index (χ0v) is 16.2. The van der Waals surface area contributed by atoms with Crippen molar-refractivity contribution in [3.63, 3.8) is 0 Å². The number of aromatic amines is 1. The van der Waals surface area contributed by atoms with E-state index < -0.39 is 0 Å². The van der Waals surface area contributed by atoms with Crippen LogP contribution in [0.2, 0.25) is 0 Å². The minimum absolute atomic E-state index is 0.00792. The summed E-state index contributed by atoms with van der Waals surface area (Å²) in [5.41, 5.74) is 3.92. The van der Waals surface area contributed by atoms with Crippen molar-refractivity contribution in [3.8, 4) is 0 Å². The number of H-pyrrole nitrogens is 1. The Bertz CT molecular complexity index is 801. The van der Waals surface area contributed by atoms with Gasteiger partial charge in [0.2, 0.25) is 5.91 Å². The second-order valence-electron chi connectivity index (χ2n) is 7.45. The van der Waals surface area contributed by atoms with Crippen molar-refractivity contribution in [3.05, 3.63) is 34.8 Å². The molecule has 1 atom stereocenters. The fourth-order valence-electron chi connectivity index (χ4n) is 3.81. The second kappa shape index (κ2) is 7.76. The lowest BCUT2D eigenvalue weighted by Gasteiger charge is -2.37. The molecule has 1 aliphatic heterocycles. The van der Waals surface area contributed by atoms with Gasteiger partial charge in [0.25, 0.3) is 0 Å². The van der Waals surface area contributed by atoms with Crippen LogP contribution in [0.3, 0.4) is 0 Å². The molecule has 26 heavy (non-hydrogen) atoms. The Labute approximate surface area is 154 Å². The SMILES string of the molecule is CCc1[nH]c2c(CNC(=O)C[C@@H]3CN(C)CCN3C)cc(F)cc2c1C. The first kappa shape index (κ1) is 18.9. The average Bonchev–Trinajstić information content (AvgIpc) is 2.92. The van der Waals surface area contributed by atoms with E-state index in [0.29, 0.717) is 13.0 Å². The van der Waals surface area contributed by atoms with E-state index >= 15 is 0 Å². The van der Waals surface area contributed by atoms with Gasteiger partial charge in [-0.05, 0) is 50.7 Å². The third-order valence-electron chi connectivity index (χ3n) is 5.55. The highest BCUT2D eigenvalue weighted by atomic mass is 19.1. The molecule has 2 N–H and O–H groups in total. The zero-order valence-electron chi connectivity index (χ0n) is 16.2. The molecular formula is C20H29FN4O. The van der Waals surface area contributed by atoms with Crippen LogP contribution >= 0.6 is 0 Å². The van der Waals surface area contributed by atoms with Crippen molar-refractivity contribution in [2.75, 3.05) is 33.7 Å². The number of hydrogen-bond donors (Lipinski definition) is 2. The van der Waals surface area contributed by atoms with Crippen molar-refractivity contribution in [1.82, 2.24) is 20.1 Å². The normalized spacial score (nSPS) is 19.2. The van der Waals surface area contributed by atoms with Gasteiger partial charge in [-0.3, -0.25) is 4.79 Å². The van der Waals surface area contributed by atoms with Gasteiger partial charge < -0.3 is 20.1 Å². The fourth-order valence-corrected chi connectivity index (χ4v) is 3.81. The lowest BCUT2D eigenvalue weighted by Crippen LogP contribution is -2.51. The van der Waals surface area contributed by atoms with Crippen LogP contribution in [0.1, 0.15) is 30.2 Å². The van der Waals surface area contributed by atoms with Crippen molar-refractivity contribution < 1.29 is 9.18 Å².